The van der Waals surface area contributed by atoms with Crippen LogP contribution in [0.25, 0.3) is 0 Å². The molecule has 10 nitrogen and oxygen atoms in total. The van der Waals surface area contributed by atoms with Crippen molar-refractivity contribution >= 4 is 21.8 Å². The van der Waals surface area contributed by atoms with Crippen molar-refractivity contribution in [3.63, 3.8) is 0 Å². The lowest BCUT2D eigenvalue weighted by atomic mass is 10.0. The normalized spacial score (nSPS) is 22.8. The number of rotatable bonds is 11. The highest BCUT2D eigenvalue weighted by Crippen LogP contribution is 2.33. The number of fused-ring (bicyclic) bond motifs is 1. The number of anilines is 1. The Morgan fingerprint density at radius 3 is 2.53 bits per heavy atom. The number of hydrogen-bond acceptors (Lipinski definition) is 8. The number of carbonyl (C=O) groups excluding carboxylic acids is 1. The van der Waals surface area contributed by atoms with Gasteiger partial charge in [-0.15, -0.1) is 0 Å². The zero-order valence-electron chi connectivity index (χ0n) is 21.7. The Bertz CT molecular complexity index is 1160. The van der Waals surface area contributed by atoms with Crippen LogP contribution in [0.4, 0.5) is 10.5 Å². The molecule has 4 N–H and O–H groups in total. The first-order chi connectivity index (χ1) is 18.1. The van der Waals surface area contributed by atoms with Gasteiger partial charge in [0.25, 0.3) is 0 Å². The molecule has 1 amide bonds. The van der Waals surface area contributed by atoms with Gasteiger partial charge < -0.3 is 30.4 Å². The summed E-state index contributed by atoms with van der Waals surface area (Å²) in [4.78, 5) is 13.0. The van der Waals surface area contributed by atoms with Gasteiger partial charge in [-0.25, -0.2) is 13.2 Å². The number of hydrogen-bond donors (Lipinski definition) is 3. The minimum atomic E-state index is -3.93. The average molecular weight is 548 g/mol. The molecule has 2 heterocycles. The fraction of sp³-hybridized carbons (Fsp3) is 0.519. The molecule has 11 heteroatoms. The van der Waals surface area contributed by atoms with Crippen LogP contribution in [-0.4, -0.2) is 74.8 Å². The molecule has 4 rings (SSSR count). The lowest BCUT2D eigenvalue weighted by Crippen LogP contribution is -2.51. The lowest BCUT2D eigenvalue weighted by molar-refractivity contribution is -0.0907. The third-order valence-electron chi connectivity index (χ3n) is 6.79. The Morgan fingerprint density at radius 1 is 1.13 bits per heavy atom. The SMILES string of the molecule is CC(C)CN(CC(O)C(Cc1ccccc1)NC(=O)O[C@H]1COC2OCCC21)S(=O)(=O)c1ccc(N)cc1. The summed E-state index contributed by atoms with van der Waals surface area (Å²) >= 11 is 0. The van der Waals surface area contributed by atoms with E-state index in [2.05, 4.69) is 5.32 Å². The molecule has 0 bridgehead atoms. The molecule has 2 saturated heterocycles. The van der Waals surface area contributed by atoms with Crippen LogP contribution in [0.5, 0.6) is 0 Å². The number of alkyl carbamates (subject to hydrolysis) is 1. The van der Waals surface area contributed by atoms with Crippen LogP contribution in [0, 0.1) is 11.8 Å². The Balaban J connectivity index is 1.51. The number of nitrogens with two attached hydrogens (primary N) is 1. The first-order valence-electron chi connectivity index (χ1n) is 12.9. The number of sulfonamides is 1. The predicted molar refractivity (Wildman–Crippen MR) is 142 cm³/mol. The van der Waals surface area contributed by atoms with Gasteiger partial charge in [0.15, 0.2) is 6.29 Å². The average Bonchev–Trinajstić information content (AvgIpc) is 3.49. The summed E-state index contributed by atoms with van der Waals surface area (Å²) in [6.07, 6.45) is -1.69. The van der Waals surface area contributed by atoms with Crippen LogP contribution in [0.15, 0.2) is 59.5 Å². The van der Waals surface area contributed by atoms with Crippen molar-refractivity contribution in [2.24, 2.45) is 11.8 Å². The lowest BCUT2D eigenvalue weighted by Gasteiger charge is -2.31. The fourth-order valence-electron chi connectivity index (χ4n) is 4.82. The summed E-state index contributed by atoms with van der Waals surface area (Å²) in [6.45, 7) is 4.58. The number of ether oxygens (including phenoxy) is 3. The summed E-state index contributed by atoms with van der Waals surface area (Å²) in [5.74, 6) is -0.0231. The molecule has 2 aliphatic rings. The summed E-state index contributed by atoms with van der Waals surface area (Å²) in [7, 11) is -3.93. The smallest absolute Gasteiger partial charge is 0.407 e. The van der Waals surface area contributed by atoms with E-state index in [1.807, 2.05) is 44.2 Å². The third kappa shape index (κ3) is 7.03. The number of aliphatic hydroxyl groups is 1. The molecule has 0 spiro atoms. The van der Waals surface area contributed by atoms with Gasteiger partial charge in [0.2, 0.25) is 10.0 Å². The van der Waals surface area contributed by atoms with Crippen LogP contribution >= 0.6 is 0 Å². The maximum absolute atomic E-state index is 13.5. The molecule has 2 aromatic carbocycles. The second-order valence-corrected chi connectivity index (χ2v) is 12.2. The molecule has 2 fully saturated rings. The standard InChI is InChI=1S/C27H37N3O7S/c1-18(2)15-30(38(33,34)21-10-8-20(28)9-11-21)16-24(31)23(14-19-6-4-3-5-7-19)29-27(32)37-25-17-36-26-22(25)12-13-35-26/h3-11,18,22-26,31H,12-17,28H2,1-2H3,(H,29,32)/t22?,23?,24?,25-,26?/m0/s1. The van der Waals surface area contributed by atoms with Gasteiger partial charge in [0.1, 0.15) is 6.10 Å². The van der Waals surface area contributed by atoms with Crippen molar-refractivity contribution in [3.8, 4) is 0 Å². The summed E-state index contributed by atoms with van der Waals surface area (Å²) < 4.78 is 44.9. The fourth-order valence-corrected chi connectivity index (χ4v) is 6.45. The summed E-state index contributed by atoms with van der Waals surface area (Å²) in [5.41, 5.74) is 7.07. The predicted octanol–water partition coefficient (Wildman–Crippen LogP) is 2.38. The van der Waals surface area contributed by atoms with Gasteiger partial charge in [0.05, 0.1) is 36.2 Å². The second-order valence-electron chi connectivity index (χ2n) is 10.3. The van der Waals surface area contributed by atoms with Gasteiger partial charge >= 0.3 is 6.09 Å². The van der Waals surface area contributed by atoms with E-state index < -0.39 is 34.4 Å². The van der Waals surface area contributed by atoms with Crippen LogP contribution in [0.1, 0.15) is 25.8 Å². The molecule has 0 saturated carbocycles. The Kier molecular flexibility index (Phi) is 9.27. The van der Waals surface area contributed by atoms with Gasteiger partial charge in [0, 0.05) is 18.8 Å². The summed E-state index contributed by atoms with van der Waals surface area (Å²) in [6, 6.07) is 14.5. The van der Waals surface area contributed by atoms with E-state index in [1.165, 1.54) is 28.6 Å². The number of carbonyl (C=O) groups is 1. The maximum Gasteiger partial charge on any atom is 0.407 e. The second kappa shape index (κ2) is 12.4. The molecule has 2 aromatic rings. The summed E-state index contributed by atoms with van der Waals surface area (Å²) in [5, 5.41) is 14.1. The van der Waals surface area contributed by atoms with Crippen molar-refractivity contribution in [3.05, 3.63) is 60.2 Å². The van der Waals surface area contributed by atoms with E-state index in [4.69, 9.17) is 19.9 Å². The number of nitrogen functional groups attached to an aromatic ring is 1. The monoisotopic (exact) mass is 547 g/mol. The van der Waals surface area contributed by atoms with Gasteiger partial charge in [-0.05, 0) is 48.6 Å². The van der Waals surface area contributed by atoms with E-state index in [1.54, 1.807) is 0 Å². The van der Waals surface area contributed by atoms with Crippen molar-refractivity contribution in [2.75, 3.05) is 32.0 Å². The molecule has 38 heavy (non-hydrogen) atoms. The topological polar surface area (TPSA) is 140 Å². The van der Waals surface area contributed by atoms with Crippen molar-refractivity contribution in [1.29, 1.82) is 0 Å². The van der Waals surface area contributed by atoms with Crippen molar-refractivity contribution < 1.29 is 32.5 Å². The van der Waals surface area contributed by atoms with Gasteiger partial charge in [-0.2, -0.15) is 4.31 Å². The molecule has 5 atom stereocenters. The van der Waals surface area contributed by atoms with Crippen LogP contribution in [0.3, 0.4) is 0 Å². The molecular weight excluding hydrogens is 510 g/mol. The Morgan fingerprint density at radius 2 is 1.84 bits per heavy atom. The highest BCUT2D eigenvalue weighted by Gasteiger charge is 2.44. The largest absolute Gasteiger partial charge is 0.443 e. The van der Waals surface area contributed by atoms with Crippen molar-refractivity contribution in [1.82, 2.24) is 9.62 Å². The first kappa shape index (κ1) is 28.3. The van der Waals surface area contributed by atoms with Gasteiger partial charge in [-0.1, -0.05) is 44.2 Å². The van der Waals surface area contributed by atoms with Gasteiger partial charge in [-0.3, -0.25) is 0 Å². The highest BCUT2D eigenvalue weighted by atomic mass is 32.2. The van der Waals surface area contributed by atoms with E-state index in [0.717, 1.165) is 12.0 Å². The molecule has 0 aliphatic carbocycles. The number of nitrogens with one attached hydrogen (secondary N) is 1. The maximum atomic E-state index is 13.5. The molecule has 4 unspecified atom stereocenters. The van der Waals surface area contributed by atoms with E-state index in [9.17, 15) is 18.3 Å². The van der Waals surface area contributed by atoms with E-state index in [-0.39, 0.29) is 49.1 Å². The number of amides is 1. The zero-order valence-corrected chi connectivity index (χ0v) is 22.5. The Hall–Kier alpha value is -2.70. The Labute approximate surface area is 224 Å². The molecule has 208 valence electrons. The third-order valence-corrected chi connectivity index (χ3v) is 8.63. The van der Waals surface area contributed by atoms with Crippen LogP contribution in [0.2, 0.25) is 0 Å². The van der Waals surface area contributed by atoms with E-state index in [0.29, 0.717) is 12.3 Å². The minimum Gasteiger partial charge on any atom is -0.443 e. The molecule has 2 aliphatic heterocycles. The highest BCUT2D eigenvalue weighted by molar-refractivity contribution is 7.89. The number of benzene rings is 2. The molecular formula is C27H37N3O7S. The van der Waals surface area contributed by atoms with E-state index >= 15 is 0 Å². The number of aliphatic hydroxyl groups excluding tert-OH is 1. The first-order valence-corrected chi connectivity index (χ1v) is 14.4. The van der Waals surface area contributed by atoms with Crippen molar-refractivity contribution in [2.45, 2.75) is 56.1 Å². The zero-order chi connectivity index (χ0) is 27.3. The minimum absolute atomic E-state index is 0.000183. The van der Waals surface area contributed by atoms with Crippen LogP contribution in [-0.2, 0) is 30.7 Å². The van der Waals surface area contributed by atoms with Crippen LogP contribution < -0.4 is 11.1 Å². The molecule has 0 aromatic heterocycles. The molecule has 0 radical (unpaired) electrons. The number of nitrogens with zero attached hydrogens (tertiary/aromatic N) is 1. The quantitative estimate of drug-likeness (QED) is 0.364.